The quantitative estimate of drug-likeness (QED) is 0.900. The number of nitrogens with one attached hydrogen (secondary N) is 1. The molecule has 0 amide bonds. The molecule has 1 fully saturated rings. The van der Waals surface area contributed by atoms with Crippen LogP contribution in [0.3, 0.4) is 0 Å². The summed E-state index contributed by atoms with van der Waals surface area (Å²) in [5.74, 6) is 1.83. The van der Waals surface area contributed by atoms with Gasteiger partial charge >= 0.3 is 6.01 Å². The molecule has 3 unspecified atom stereocenters. The van der Waals surface area contributed by atoms with Crippen LogP contribution in [0.1, 0.15) is 26.7 Å². The van der Waals surface area contributed by atoms with Gasteiger partial charge in [0.05, 0.1) is 7.11 Å². The normalized spacial score (nSPS) is 28.1. The van der Waals surface area contributed by atoms with E-state index in [0.29, 0.717) is 17.9 Å². The van der Waals surface area contributed by atoms with Gasteiger partial charge < -0.3 is 10.1 Å². The summed E-state index contributed by atoms with van der Waals surface area (Å²) < 4.78 is 4.96. The van der Waals surface area contributed by atoms with Crippen LogP contribution >= 0.6 is 11.6 Å². The van der Waals surface area contributed by atoms with Crippen molar-refractivity contribution in [3.05, 3.63) is 5.28 Å². The van der Waals surface area contributed by atoms with E-state index in [9.17, 15) is 0 Å². The van der Waals surface area contributed by atoms with E-state index < -0.39 is 0 Å². The molecule has 1 aromatic heterocycles. The van der Waals surface area contributed by atoms with Crippen LogP contribution in [0.4, 0.5) is 5.95 Å². The van der Waals surface area contributed by atoms with Gasteiger partial charge in [0.2, 0.25) is 11.2 Å². The maximum Gasteiger partial charge on any atom is 0.322 e. The number of rotatable bonds is 3. The van der Waals surface area contributed by atoms with Gasteiger partial charge in [0, 0.05) is 6.04 Å². The van der Waals surface area contributed by atoms with E-state index in [-0.39, 0.29) is 11.3 Å². The SMILES string of the molecule is COc1nc(Cl)nc(NC2CCC(C)C2C)n1. The summed E-state index contributed by atoms with van der Waals surface area (Å²) in [5, 5.41) is 3.46. The summed E-state index contributed by atoms with van der Waals surface area (Å²) in [6.07, 6.45) is 2.36. The Hall–Kier alpha value is -1.10. The minimum Gasteiger partial charge on any atom is -0.467 e. The number of hydrogen-bond acceptors (Lipinski definition) is 5. The highest BCUT2D eigenvalue weighted by Crippen LogP contribution is 2.32. The Kier molecular flexibility index (Phi) is 3.66. The summed E-state index contributed by atoms with van der Waals surface area (Å²) >= 11 is 5.80. The first-order valence-electron chi connectivity index (χ1n) is 5.82. The second-order valence-corrected chi connectivity index (χ2v) is 4.92. The van der Waals surface area contributed by atoms with Crippen LogP contribution in [0.15, 0.2) is 0 Å². The number of nitrogens with zero attached hydrogens (tertiary/aromatic N) is 3. The average Bonchev–Trinajstić information content (AvgIpc) is 2.60. The molecule has 1 aromatic rings. The summed E-state index contributed by atoms with van der Waals surface area (Å²) in [6, 6.07) is 0.638. The largest absolute Gasteiger partial charge is 0.467 e. The van der Waals surface area contributed by atoms with Crippen molar-refractivity contribution in [3.63, 3.8) is 0 Å². The molecule has 94 valence electrons. The minimum absolute atomic E-state index is 0.151. The second-order valence-electron chi connectivity index (χ2n) is 4.58. The van der Waals surface area contributed by atoms with Crippen molar-refractivity contribution in [2.45, 2.75) is 32.7 Å². The number of methoxy groups -OCH3 is 1. The van der Waals surface area contributed by atoms with Crippen molar-refractivity contribution in [1.29, 1.82) is 0 Å². The maximum absolute atomic E-state index is 5.80. The Morgan fingerprint density at radius 3 is 2.59 bits per heavy atom. The monoisotopic (exact) mass is 256 g/mol. The summed E-state index contributed by atoms with van der Waals surface area (Å²) in [7, 11) is 1.51. The Morgan fingerprint density at radius 1 is 1.24 bits per heavy atom. The molecule has 0 spiro atoms. The van der Waals surface area contributed by atoms with E-state index in [1.54, 1.807) is 0 Å². The van der Waals surface area contributed by atoms with Crippen LogP contribution in [0.2, 0.25) is 5.28 Å². The van der Waals surface area contributed by atoms with E-state index in [4.69, 9.17) is 16.3 Å². The van der Waals surface area contributed by atoms with Gasteiger partial charge in [0.1, 0.15) is 0 Å². The first-order chi connectivity index (χ1) is 8.10. The highest BCUT2D eigenvalue weighted by molar-refractivity contribution is 6.28. The van der Waals surface area contributed by atoms with Gasteiger partial charge in [-0.3, -0.25) is 0 Å². The molecule has 0 bridgehead atoms. The van der Waals surface area contributed by atoms with Crippen LogP contribution in [0.5, 0.6) is 6.01 Å². The van der Waals surface area contributed by atoms with Crippen molar-refractivity contribution in [2.24, 2.45) is 11.8 Å². The molecule has 0 aromatic carbocycles. The minimum atomic E-state index is 0.151. The molecule has 0 aliphatic heterocycles. The number of anilines is 1. The standard InChI is InChI=1S/C11H17ClN4O/c1-6-4-5-8(7(6)2)13-10-14-9(12)15-11(16-10)17-3/h6-8H,4-5H2,1-3H3,(H,13,14,15,16). The second kappa shape index (κ2) is 5.04. The fourth-order valence-electron chi connectivity index (χ4n) is 2.22. The molecule has 0 radical (unpaired) electrons. The molecule has 0 saturated heterocycles. The van der Waals surface area contributed by atoms with Gasteiger partial charge in [0.25, 0.3) is 0 Å². The molecule has 2 rings (SSSR count). The van der Waals surface area contributed by atoms with E-state index in [2.05, 4.69) is 34.1 Å². The lowest BCUT2D eigenvalue weighted by atomic mass is 9.98. The smallest absolute Gasteiger partial charge is 0.322 e. The molecular formula is C11H17ClN4O. The highest BCUT2D eigenvalue weighted by Gasteiger charge is 2.30. The van der Waals surface area contributed by atoms with Gasteiger partial charge in [-0.25, -0.2) is 0 Å². The van der Waals surface area contributed by atoms with E-state index in [1.807, 2.05) is 0 Å². The van der Waals surface area contributed by atoms with Crippen molar-refractivity contribution < 1.29 is 4.74 Å². The molecule has 17 heavy (non-hydrogen) atoms. The zero-order valence-corrected chi connectivity index (χ0v) is 11.0. The fraction of sp³-hybridized carbons (Fsp3) is 0.727. The number of halogens is 1. The Bertz CT molecular complexity index is 401. The van der Waals surface area contributed by atoms with Gasteiger partial charge in [0.15, 0.2) is 0 Å². The van der Waals surface area contributed by atoms with Gasteiger partial charge in [-0.15, -0.1) is 0 Å². The van der Waals surface area contributed by atoms with E-state index in [1.165, 1.54) is 13.5 Å². The summed E-state index contributed by atoms with van der Waals surface area (Å²) in [6.45, 7) is 4.52. The summed E-state index contributed by atoms with van der Waals surface area (Å²) in [4.78, 5) is 12.0. The Morgan fingerprint density at radius 2 is 2.00 bits per heavy atom. The van der Waals surface area contributed by atoms with Crippen molar-refractivity contribution >= 4 is 17.5 Å². The van der Waals surface area contributed by atoms with Crippen LogP contribution in [0, 0.1) is 11.8 Å². The van der Waals surface area contributed by atoms with Crippen molar-refractivity contribution in [1.82, 2.24) is 15.0 Å². The number of ether oxygens (including phenoxy) is 1. The van der Waals surface area contributed by atoms with Crippen LogP contribution in [-0.2, 0) is 0 Å². The molecule has 6 heteroatoms. The van der Waals surface area contributed by atoms with E-state index in [0.717, 1.165) is 12.3 Å². The first kappa shape index (κ1) is 12.4. The van der Waals surface area contributed by atoms with E-state index >= 15 is 0 Å². The lowest BCUT2D eigenvalue weighted by Crippen LogP contribution is -2.25. The van der Waals surface area contributed by atoms with Gasteiger partial charge in [-0.05, 0) is 36.3 Å². The first-order valence-corrected chi connectivity index (χ1v) is 6.20. The third-order valence-corrected chi connectivity index (χ3v) is 3.72. The summed E-state index contributed by atoms with van der Waals surface area (Å²) in [5.41, 5.74) is 0. The Labute approximate surface area is 106 Å². The number of hydrogen-bond donors (Lipinski definition) is 1. The third-order valence-electron chi connectivity index (χ3n) is 3.55. The molecule has 1 aliphatic carbocycles. The zero-order valence-electron chi connectivity index (χ0n) is 10.3. The van der Waals surface area contributed by atoms with Crippen LogP contribution in [-0.4, -0.2) is 28.1 Å². The third kappa shape index (κ3) is 2.77. The predicted molar refractivity (Wildman–Crippen MR) is 66.4 cm³/mol. The van der Waals surface area contributed by atoms with Gasteiger partial charge in [-0.1, -0.05) is 13.8 Å². The highest BCUT2D eigenvalue weighted by atomic mass is 35.5. The molecule has 5 nitrogen and oxygen atoms in total. The maximum atomic E-state index is 5.80. The lowest BCUT2D eigenvalue weighted by Gasteiger charge is -2.19. The van der Waals surface area contributed by atoms with Crippen LogP contribution < -0.4 is 10.1 Å². The van der Waals surface area contributed by atoms with Crippen LogP contribution in [0.25, 0.3) is 0 Å². The lowest BCUT2D eigenvalue weighted by molar-refractivity contribution is 0.378. The molecule has 1 saturated carbocycles. The molecule has 1 aliphatic rings. The molecule has 1 N–H and O–H groups in total. The van der Waals surface area contributed by atoms with Crippen molar-refractivity contribution in [3.8, 4) is 6.01 Å². The average molecular weight is 257 g/mol. The van der Waals surface area contributed by atoms with Crippen molar-refractivity contribution in [2.75, 3.05) is 12.4 Å². The zero-order chi connectivity index (χ0) is 12.4. The number of aromatic nitrogens is 3. The van der Waals surface area contributed by atoms with Gasteiger partial charge in [-0.2, -0.15) is 15.0 Å². The molecular weight excluding hydrogens is 240 g/mol. The predicted octanol–water partition coefficient (Wildman–Crippen LogP) is 2.38. The fourth-order valence-corrected chi connectivity index (χ4v) is 2.37. The Balaban J connectivity index is 2.10. The molecule has 1 heterocycles. The topological polar surface area (TPSA) is 59.9 Å². The molecule has 3 atom stereocenters.